The predicted octanol–water partition coefficient (Wildman–Crippen LogP) is 2.55. The molecule has 3 aliphatic rings. The topological polar surface area (TPSA) is 105 Å². The first-order chi connectivity index (χ1) is 13.2. The van der Waals surface area contributed by atoms with Crippen LogP contribution in [-0.4, -0.2) is 30.8 Å². The normalized spacial score (nSPS) is 23.4. The number of benzene rings is 1. The van der Waals surface area contributed by atoms with Gasteiger partial charge >= 0.3 is 0 Å². The summed E-state index contributed by atoms with van der Waals surface area (Å²) in [5, 5.41) is 0. The van der Waals surface area contributed by atoms with Gasteiger partial charge in [-0.25, -0.2) is 4.99 Å². The van der Waals surface area contributed by atoms with E-state index in [1.807, 2.05) is 24.3 Å². The zero-order valence-electron chi connectivity index (χ0n) is 14.8. The summed E-state index contributed by atoms with van der Waals surface area (Å²) in [4.78, 5) is 9.34. The molecule has 0 saturated heterocycles. The first-order valence-electron chi connectivity index (χ1n) is 8.99. The average molecular weight is 364 g/mol. The van der Waals surface area contributed by atoms with Crippen LogP contribution < -0.4 is 16.2 Å². The summed E-state index contributed by atoms with van der Waals surface area (Å²) in [6, 6.07) is 7.78. The van der Waals surface area contributed by atoms with Crippen LogP contribution in [0.4, 0.5) is 5.69 Å². The minimum absolute atomic E-state index is 0.168. The van der Waals surface area contributed by atoms with Crippen LogP contribution in [0.2, 0.25) is 0 Å². The molecule has 0 unspecified atom stereocenters. The fourth-order valence-corrected chi connectivity index (χ4v) is 3.95. The first kappa shape index (κ1) is 16.1. The fraction of sp³-hybridized carbons (Fsp3) is 0.300. The molecular weight excluding hydrogens is 344 g/mol. The highest BCUT2D eigenvalue weighted by Crippen LogP contribution is 2.52. The molecule has 0 aliphatic carbocycles. The number of nitrogen functional groups attached to an aromatic ring is 1. The molecule has 0 fully saturated rings. The summed E-state index contributed by atoms with van der Waals surface area (Å²) in [6.45, 7) is 1.76. The molecule has 0 saturated carbocycles. The molecule has 7 nitrogen and oxygen atoms in total. The Morgan fingerprint density at radius 2 is 1.93 bits per heavy atom. The van der Waals surface area contributed by atoms with Crippen molar-refractivity contribution in [3.05, 3.63) is 53.4 Å². The lowest BCUT2D eigenvalue weighted by Crippen LogP contribution is -2.38. The molecule has 27 heavy (non-hydrogen) atoms. The maximum Gasteiger partial charge on any atom is 0.283 e. The van der Waals surface area contributed by atoms with Crippen molar-refractivity contribution in [2.45, 2.75) is 18.4 Å². The average Bonchev–Trinajstić information content (AvgIpc) is 2.69. The Labute approximate surface area is 156 Å². The number of hydrogen-bond donors (Lipinski definition) is 2. The monoisotopic (exact) mass is 364 g/mol. The highest BCUT2D eigenvalue weighted by molar-refractivity contribution is 5.76. The minimum Gasteiger partial charge on any atom is -0.465 e. The summed E-state index contributed by atoms with van der Waals surface area (Å²) in [5.74, 6) is 1.39. The van der Waals surface area contributed by atoms with E-state index in [2.05, 4.69) is 11.1 Å². The summed E-state index contributed by atoms with van der Waals surface area (Å²) in [7, 11) is 0. The van der Waals surface area contributed by atoms with Crippen molar-refractivity contribution >= 4 is 17.3 Å². The number of nitrogens with zero attached hydrogens (tertiary/aromatic N) is 2. The van der Waals surface area contributed by atoms with Crippen molar-refractivity contribution in [2.75, 3.05) is 25.6 Å². The van der Waals surface area contributed by atoms with Gasteiger partial charge in [0, 0.05) is 23.2 Å². The maximum atomic E-state index is 6.12. The van der Waals surface area contributed by atoms with Gasteiger partial charge in [0.15, 0.2) is 5.75 Å². The molecule has 2 aromatic rings. The molecule has 0 amide bonds. The molecular formula is C20H20N4O3. The Balaban J connectivity index is 1.73. The lowest BCUT2D eigenvalue weighted by Gasteiger charge is -2.39. The van der Waals surface area contributed by atoms with Crippen LogP contribution in [0.1, 0.15) is 29.7 Å². The molecule has 4 N–H and O–H groups in total. The zero-order valence-corrected chi connectivity index (χ0v) is 14.8. The van der Waals surface area contributed by atoms with Crippen LogP contribution in [0, 0.1) is 0 Å². The van der Waals surface area contributed by atoms with E-state index in [0.717, 1.165) is 35.4 Å². The molecule has 1 aromatic carbocycles. The molecule has 138 valence electrons. The molecule has 1 aromatic heterocycles. The highest BCUT2D eigenvalue weighted by Gasteiger charge is 2.45. The number of amidine groups is 1. The van der Waals surface area contributed by atoms with E-state index in [9.17, 15) is 0 Å². The number of aromatic nitrogens is 1. The third-order valence-electron chi connectivity index (χ3n) is 5.24. The van der Waals surface area contributed by atoms with Crippen LogP contribution in [0.3, 0.4) is 0 Å². The molecule has 5 rings (SSSR count). The van der Waals surface area contributed by atoms with E-state index in [0.29, 0.717) is 36.8 Å². The van der Waals surface area contributed by atoms with E-state index in [1.165, 1.54) is 0 Å². The summed E-state index contributed by atoms with van der Waals surface area (Å²) < 4.78 is 17.1. The van der Waals surface area contributed by atoms with Crippen molar-refractivity contribution in [3.63, 3.8) is 0 Å². The molecule has 3 aliphatic heterocycles. The van der Waals surface area contributed by atoms with E-state index in [4.69, 9.17) is 30.7 Å². The number of nitrogens with two attached hydrogens (primary N) is 2. The van der Waals surface area contributed by atoms with Crippen molar-refractivity contribution in [3.8, 4) is 11.5 Å². The van der Waals surface area contributed by atoms with Gasteiger partial charge in [-0.3, -0.25) is 4.98 Å². The van der Waals surface area contributed by atoms with Crippen molar-refractivity contribution in [1.82, 2.24) is 4.98 Å². The number of aliphatic imine (C=N–C) groups is 1. The van der Waals surface area contributed by atoms with E-state index in [-0.39, 0.29) is 6.02 Å². The van der Waals surface area contributed by atoms with Gasteiger partial charge in [-0.15, -0.1) is 0 Å². The second kappa shape index (κ2) is 5.99. The zero-order chi connectivity index (χ0) is 18.4. The number of rotatable bonds is 1. The van der Waals surface area contributed by atoms with Gasteiger partial charge in [0.1, 0.15) is 11.3 Å². The van der Waals surface area contributed by atoms with Crippen molar-refractivity contribution in [1.29, 1.82) is 0 Å². The van der Waals surface area contributed by atoms with Gasteiger partial charge in [0.2, 0.25) is 0 Å². The second-order valence-electron chi connectivity index (χ2n) is 6.90. The Morgan fingerprint density at radius 3 is 2.74 bits per heavy atom. The highest BCUT2D eigenvalue weighted by atomic mass is 16.5. The molecule has 7 heteroatoms. The fourth-order valence-electron chi connectivity index (χ4n) is 3.95. The molecule has 0 radical (unpaired) electrons. The first-order valence-corrected chi connectivity index (χ1v) is 8.99. The van der Waals surface area contributed by atoms with Gasteiger partial charge in [0.05, 0.1) is 31.7 Å². The van der Waals surface area contributed by atoms with E-state index in [1.54, 1.807) is 6.20 Å². The van der Waals surface area contributed by atoms with Crippen molar-refractivity contribution < 1.29 is 14.2 Å². The summed E-state index contributed by atoms with van der Waals surface area (Å²) in [6.07, 6.45) is 5.44. The standard InChI is InChI=1S/C20H20N4O3/c21-13-3-4-17-14(8-13)20(5-7-26-19(22)24-20)15-9-16(23-10-18(15)27-17)12-2-1-6-25-11-12/h2-4,8-10H,1,5-7,11,21H2,(H2,22,24)/t20-/m0/s1. The number of fused-ring (bicyclic) bond motifs is 4. The third-order valence-corrected chi connectivity index (χ3v) is 5.24. The molecule has 1 spiro atoms. The van der Waals surface area contributed by atoms with Gasteiger partial charge in [-0.1, -0.05) is 6.08 Å². The maximum absolute atomic E-state index is 6.12. The van der Waals surface area contributed by atoms with E-state index < -0.39 is 5.54 Å². The Hall–Kier alpha value is -3.06. The SMILES string of the molecule is NC1=N[C@@]2(CCO1)c1cc(N)ccc1Oc1cnc(C3=CCCOC3)cc12. The van der Waals surface area contributed by atoms with Gasteiger partial charge in [0.25, 0.3) is 6.02 Å². The molecule has 0 bridgehead atoms. The second-order valence-corrected chi connectivity index (χ2v) is 6.90. The Bertz CT molecular complexity index is 985. The van der Waals surface area contributed by atoms with Crippen LogP contribution in [0.5, 0.6) is 11.5 Å². The smallest absolute Gasteiger partial charge is 0.283 e. The number of hydrogen-bond acceptors (Lipinski definition) is 7. The number of ether oxygens (including phenoxy) is 3. The lowest BCUT2D eigenvalue weighted by molar-refractivity contribution is 0.164. The minimum atomic E-state index is -0.700. The summed E-state index contributed by atoms with van der Waals surface area (Å²) in [5.41, 5.74) is 15.8. The predicted molar refractivity (Wildman–Crippen MR) is 102 cm³/mol. The Kier molecular flexibility index (Phi) is 3.58. The van der Waals surface area contributed by atoms with Gasteiger partial charge in [-0.2, -0.15) is 0 Å². The van der Waals surface area contributed by atoms with Crippen LogP contribution >= 0.6 is 0 Å². The summed E-state index contributed by atoms with van der Waals surface area (Å²) >= 11 is 0. The van der Waals surface area contributed by atoms with Crippen LogP contribution in [0.15, 0.2) is 41.5 Å². The van der Waals surface area contributed by atoms with Crippen LogP contribution in [-0.2, 0) is 15.0 Å². The van der Waals surface area contributed by atoms with Gasteiger partial charge in [-0.05, 0) is 36.3 Å². The quantitative estimate of drug-likeness (QED) is 0.754. The van der Waals surface area contributed by atoms with Crippen molar-refractivity contribution in [2.24, 2.45) is 10.7 Å². The largest absolute Gasteiger partial charge is 0.465 e. The molecule has 1 atom stereocenters. The van der Waals surface area contributed by atoms with E-state index >= 15 is 0 Å². The number of anilines is 1. The third kappa shape index (κ3) is 2.54. The molecule has 4 heterocycles. The Morgan fingerprint density at radius 1 is 1.04 bits per heavy atom. The number of pyridine rings is 1. The lowest BCUT2D eigenvalue weighted by atomic mass is 9.77. The van der Waals surface area contributed by atoms with Gasteiger partial charge < -0.3 is 25.7 Å². The van der Waals surface area contributed by atoms with Crippen LogP contribution in [0.25, 0.3) is 5.57 Å².